The highest BCUT2D eigenvalue weighted by Crippen LogP contribution is 2.30. The van der Waals surface area contributed by atoms with Crippen LogP contribution in [0.5, 0.6) is 5.75 Å². The highest BCUT2D eigenvalue weighted by molar-refractivity contribution is 7.91. The number of carbonyl (C=O) groups excluding carboxylic acids is 1. The zero-order valence-corrected chi connectivity index (χ0v) is 20.2. The lowest BCUT2D eigenvalue weighted by Crippen LogP contribution is -2.32. The number of hydrogen-bond donors (Lipinski definition) is 3. The molecule has 0 fully saturated rings. The Hall–Kier alpha value is -3.65. The largest absolute Gasteiger partial charge is 0.497 e. The summed E-state index contributed by atoms with van der Waals surface area (Å²) in [7, 11) is -2.23. The maximum Gasteiger partial charge on any atom is 0.268 e. The van der Waals surface area contributed by atoms with Crippen LogP contribution in [0.25, 0.3) is 10.4 Å². The maximum atomic E-state index is 12.8. The van der Waals surface area contributed by atoms with Gasteiger partial charge in [-0.05, 0) is 47.5 Å². The Morgan fingerprint density at radius 1 is 1.14 bits per heavy atom. The van der Waals surface area contributed by atoms with Gasteiger partial charge in [0.1, 0.15) is 16.0 Å². The molecular formula is C22H22N6O5S2. The van der Waals surface area contributed by atoms with Crippen molar-refractivity contribution in [3.05, 3.63) is 78.4 Å². The van der Waals surface area contributed by atoms with Gasteiger partial charge >= 0.3 is 0 Å². The Kier molecular flexibility index (Phi) is 7.51. The van der Waals surface area contributed by atoms with Gasteiger partial charge in [0.2, 0.25) is 10.0 Å². The molecule has 0 saturated heterocycles. The van der Waals surface area contributed by atoms with Crippen LogP contribution in [0.2, 0.25) is 0 Å². The van der Waals surface area contributed by atoms with Crippen LogP contribution >= 0.6 is 11.3 Å². The van der Waals surface area contributed by atoms with Crippen LogP contribution in [-0.4, -0.2) is 46.6 Å². The Morgan fingerprint density at radius 3 is 2.57 bits per heavy atom. The summed E-state index contributed by atoms with van der Waals surface area (Å²) in [5, 5.41) is 17.1. The third kappa shape index (κ3) is 5.89. The van der Waals surface area contributed by atoms with Gasteiger partial charge in [-0.3, -0.25) is 15.0 Å². The first kappa shape index (κ1) is 24.5. The molecule has 3 aromatic heterocycles. The van der Waals surface area contributed by atoms with Crippen LogP contribution in [-0.2, 0) is 27.8 Å². The fourth-order valence-corrected chi connectivity index (χ4v) is 5.64. The summed E-state index contributed by atoms with van der Waals surface area (Å²) in [6.07, 6.45) is 4.97. The minimum atomic E-state index is -3.79. The summed E-state index contributed by atoms with van der Waals surface area (Å²) in [6, 6.07) is 13.1. The Bertz CT molecular complexity index is 1390. The molecule has 0 aliphatic rings. The number of hydrogen-bond acceptors (Lipinski definition) is 9. The molecule has 0 saturated carbocycles. The highest BCUT2D eigenvalue weighted by atomic mass is 32.2. The van der Waals surface area contributed by atoms with Crippen LogP contribution in [0.3, 0.4) is 0 Å². The van der Waals surface area contributed by atoms with Crippen LogP contribution in [0.1, 0.15) is 17.3 Å². The first-order valence-corrected chi connectivity index (χ1v) is 12.7. The molecule has 1 amide bonds. The average molecular weight is 515 g/mol. The van der Waals surface area contributed by atoms with Crippen molar-refractivity contribution in [2.75, 3.05) is 7.11 Å². The molecule has 35 heavy (non-hydrogen) atoms. The topological polar surface area (TPSA) is 148 Å². The van der Waals surface area contributed by atoms with E-state index in [1.54, 1.807) is 67.4 Å². The quantitative estimate of drug-likeness (QED) is 0.215. The lowest BCUT2D eigenvalue weighted by molar-refractivity contribution is -0.133. The molecule has 0 spiro atoms. The van der Waals surface area contributed by atoms with Crippen molar-refractivity contribution in [2.24, 2.45) is 0 Å². The van der Waals surface area contributed by atoms with Crippen molar-refractivity contribution in [3.63, 3.8) is 0 Å². The lowest BCUT2D eigenvalue weighted by atomic mass is 10.1. The van der Waals surface area contributed by atoms with E-state index in [4.69, 9.17) is 4.74 Å². The Labute approximate surface area is 205 Å². The fraction of sp³-hybridized carbons (Fsp3) is 0.182. The van der Waals surface area contributed by atoms with E-state index in [1.807, 2.05) is 0 Å². The number of nitrogens with zero attached hydrogens (tertiary/aromatic N) is 4. The molecule has 0 aliphatic heterocycles. The second kappa shape index (κ2) is 10.7. The van der Waals surface area contributed by atoms with Gasteiger partial charge in [-0.1, -0.05) is 17.3 Å². The SMILES string of the molecule is COc1ccc(C[C@@H](C(=O)NO)n2cc(CNS(=O)(=O)c3ccc(-c4ccncc4)s3)nn2)cc1. The number of benzene rings is 1. The van der Waals surface area contributed by atoms with Gasteiger partial charge < -0.3 is 4.74 Å². The zero-order chi connectivity index (χ0) is 24.8. The van der Waals surface area contributed by atoms with Gasteiger partial charge in [0.05, 0.1) is 25.5 Å². The summed E-state index contributed by atoms with van der Waals surface area (Å²) >= 11 is 1.14. The molecule has 1 atom stereocenters. The number of nitrogens with one attached hydrogen (secondary N) is 2. The first-order valence-electron chi connectivity index (χ1n) is 10.4. The third-order valence-electron chi connectivity index (χ3n) is 5.13. The number of ether oxygens (including phenoxy) is 1. The number of sulfonamides is 1. The molecule has 11 nitrogen and oxygen atoms in total. The molecule has 3 heterocycles. The van der Waals surface area contributed by atoms with Gasteiger partial charge in [0.25, 0.3) is 5.91 Å². The summed E-state index contributed by atoms with van der Waals surface area (Å²) in [6.45, 7) is -0.124. The van der Waals surface area contributed by atoms with E-state index in [-0.39, 0.29) is 17.2 Å². The molecule has 0 radical (unpaired) electrons. The third-order valence-corrected chi connectivity index (χ3v) is 8.16. The second-order valence-corrected chi connectivity index (χ2v) is 10.5. The van der Waals surface area contributed by atoms with E-state index >= 15 is 0 Å². The Balaban J connectivity index is 1.45. The molecule has 0 unspecified atom stereocenters. The van der Waals surface area contributed by atoms with Crippen molar-refractivity contribution in [3.8, 4) is 16.2 Å². The minimum Gasteiger partial charge on any atom is -0.497 e. The molecule has 0 bridgehead atoms. The van der Waals surface area contributed by atoms with E-state index < -0.39 is 22.0 Å². The first-order chi connectivity index (χ1) is 16.9. The molecule has 182 valence electrons. The second-order valence-electron chi connectivity index (χ2n) is 7.41. The molecule has 0 aliphatic carbocycles. The highest BCUT2D eigenvalue weighted by Gasteiger charge is 2.23. The van der Waals surface area contributed by atoms with Crippen LogP contribution in [0.4, 0.5) is 0 Å². The number of aromatic nitrogens is 4. The van der Waals surface area contributed by atoms with E-state index in [0.29, 0.717) is 11.4 Å². The molecule has 1 aromatic carbocycles. The van der Waals surface area contributed by atoms with E-state index in [1.165, 1.54) is 16.9 Å². The number of amides is 1. The number of rotatable bonds is 10. The Morgan fingerprint density at radius 2 is 1.89 bits per heavy atom. The van der Waals surface area contributed by atoms with Crippen LogP contribution in [0, 0.1) is 0 Å². The van der Waals surface area contributed by atoms with Crippen molar-refractivity contribution in [1.29, 1.82) is 0 Å². The monoisotopic (exact) mass is 514 g/mol. The number of hydroxylamine groups is 1. The molecule has 13 heteroatoms. The van der Waals surface area contributed by atoms with Crippen molar-refractivity contribution in [1.82, 2.24) is 30.2 Å². The molecule has 3 N–H and O–H groups in total. The predicted octanol–water partition coefficient (Wildman–Crippen LogP) is 2.18. The molecular weight excluding hydrogens is 492 g/mol. The van der Waals surface area contributed by atoms with Crippen molar-refractivity contribution in [2.45, 2.75) is 23.2 Å². The minimum absolute atomic E-state index is 0.124. The number of thiophene rings is 1. The average Bonchev–Trinajstić information content (AvgIpc) is 3.57. The normalized spacial score (nSPS) is 12.3. The zero-order valence-electron chi connectivity index (χ0n) is 18.5. The summed E-state index contributed by atoms with van der Waals surface area (Å²) in [5.74, 6) is -0.00838. The summed E-state index contributed by atoms with van der Waals surface area (Å²) < 4.78 is 34.6. The van der Waals surface area contributed by atoms with Gasteiger partial charge in [0, 0.05) is 23.7 Å². The predicted molar refractivity (Wildman–Crippen MR) is 127 cm³/mol. The molecule has 4 rings (SSSR count). The molecule has 4 aromatic rings. The van der Waals surface area contributed by atoms with E-state index in [2.05, 4.69) is 20.0 Å². The van der Waals surface area contributed by atoms with Crippen LogP contribution < -0.4 is 14.9 Å². The van der Waals surface area contributed by atoms with Gasteiger partial charge in [-0.2, -0.15) is 0 Å². The van der Waals surface area contributed by atoms with E-state index in [0.717, 1.165) is 27.3 Å². The van der Waals surface area contributed by atoms with Gasteiger partial charge in [0.15, 0.2) is 0 Å². The van der Waals surface area contributed by atoms with Crippen molar-refractivity contribution >= 4 is 27.3 Å². The maximum absolute atomic E-state index is 12.8. The van der Waals surface area contributed by atoms with E-state index in [9.17, 15) is 18.4 Å². The smallest absolute Gasteiger partial charge is 0.268 e. The number of pyridine rings is 1. The van der Waals surface area contributed by atoms with Crippen molar-refractivity contribution < 1.29 is 23.2 Å². The van der Waals surface area contributed by atoms with Crippen LogP contribution in [0.15, 0.2) is 71.3 Å². The standard InChI is InChI=1S/C22H22N6O5S2/c1-33-18-4-2-15(3-5-18)12-19(22(29)26-30)28-14-17(25-27-28)13-24-35(31,32)21-7-6-20(34-21)16-8-10-23-11-9-16/h2-11,14,19,24,30H,12-13H2,1H3,(H,26,29)/t19-/m0/s1. The summed E-state index contributed by atoms with van der Waals surface area (Å²) in [5.41, 5.74) is 3.63. The lowest BCUT2D eigenvalue weighted by Gasteiger charge is -2.15. The van der Waals surface area contributed by atoms with Gasteiger partial charge in [-0.15, -0.1) is 16.4 Å². The van der Waals surface area contributed by atoms with Gasteiger partial charge in [-0.25, -0.2) is 23.3 Å². The number of methoxy groups -OCH3 is 1. The fourth-order valence-electron chi connectivity index (χ4n) is 3.29. The summed E-state index contributed by atoms with van der Waals surface area (Å²) in [4.78, 5) is 17.0. The number of carbonyl (C=O) groups is 1.